The highest BCUT2D eigenvalue weighted by atomic mass is 19.4. The van der Waals surface area contributed by atoms with Gasteiger partial charge in [-0.2, -0.15) is 13.2 Å². The SMILES string of the molecule is COc1ccc([C@@H]2CC(=O)N(Cc3ccccc3C(F)(F)F)C2)cc1OC1CCCC1. The number of nitrogens with zero attached hydrogens (tertiary/aromatic N) is 1. The Hall–Kier alpha value is -2.70. The van der Waals surface area contributed by atoms with Gasteiger partial charge in [0.1, 0.15) is 0 Å². The molecule has 0 radical (unpaired) electrons. The molecule has 2 aromatic carbocycles. The number of hydrogen-bond acceptors (Lipinski definition) is 3. The Balaban J connectivity index is 1.51. The van der Waals surface area contributed by atoms with Gasteiger partial charge in [-0.3, -0.25) is 4.79 Å². The zero-order valence-corrected chi connectivity index (χ0v) is 17.5. The van der Waals surface area contributed by atoms with E-state index in [4.69, 9.17) is 9.47 Å². The Morgan fingerprint density at radius 1 is 1.06 bits per heavy atom. The van der Waals surface area contributed by atoms with Gasteiger partial charge < -0.3 is 14.4 Å². The average molecular weight is 433 g/mol. The largest absolute Gasteiger partial charge is 0.493 e. The van der Waals surface area contributed by atoms with Crippen molar-refractivity contribution in [2.24, 2.45) is 0 Å². The molecule has 2 aromatic rings. The molecular formula is C24H26F3NO3. The van der Waals surface area contributed by atoms with Gasteiger partial charge in [0.2, 0.25) is 5.91 Å². The first-order chi connectivity index (χ1) is 14.8. The van der Waals surface area contributed by atoms with Gasteiger partial charge in [-0.05, 0) is 55.0 Å². The standard InChI is InChI=1S/C24H26F3NO3/c1-30-21-11-10-16(12-22(21)31-19-7-3-4-8-19)18-13-23(29)28(15-18)14-17-6-2-5-9-20(17)24(25,26)27/h2,5-6,9-12,18-19H,3-4,7-8,13-15H2,1H3/t18-/m1/s1. The Morgan fingerprint density at radius 3 is 2.52 bits per heavy atom. The van der Waals surface area contributed by atoms with E-state index in [2.05, 4.69) is 0 Å². The highest BCUT2D eigenvalue weighted by molar-refractivity contribution is 5.80. The van der Waals surface area contributed by atoms with Crippen molar-refractivity contribution >= 4 is 5.91 Å². The lowest BCUT2D eigenvalue weighted by atomic mass is 9.98. The van der Waals surface area contributed by atoms with Gasteiger partial charge in [0.25, 0.3) is 0 Å². The molecule has 0 bridgehead atoms. The van der Waals surface area contributed by atoms with E-state index in [1.54, 1.807) is 13.2 Å². The molecule has 4 nitrogen and oxygen atoms in total. The van der Waals surface area contributed by atoms with Gasteiger partial charge in [0.05, 0.1) is 18.8 Å². The van der Waals surface area contributed by atoms with Crippen molar-refractivity contribution in [3.05, 3.63) is 59.2 Å². The molecular weight excluding hydrogens is 407 g/mol. The molecule has 7 heteroatoms. The van der Waals surface area contributed by atoms with Crippen LogP contribution in [0.3, 0.4) is 0 Å². The fraction of sp³-hybridized carbons (Fsp3) is 0.458. The van der Waals surface area contributed by atoms with Crippen molar-refractivity contribution in [1.82, 2.24) is 4.90 Å². The highest BCUT2D eigenvalue weighted by Crippen LogP contribution is 2.38. The van der Waals surface area contributed by atoms with Crippen LogP contribution < -0.4 is 9.47 Å². The van der Waals surface area contributed by atoms with E-state index in [1.807, 2.05) is 18.2 Å². The van der Waals surface area contributed by atoms with Gasteiger partial charge in [-0.15, -0.1) is 0 Å². The molecule has 4 rings (SSSR count). The number of methoxy groups -OCH3 is 1. The van der Waals surface area contributed by atoms with Crippen molar-refractivity contribution in [2.45, 2.75) is 56.8 Å². The minimum absolute atomic E-state index is 0.0490. The lowest BCUT2D eigenvalue weighted by molar-refractivity contribution is -0.139. The number of alkyl halides is 3. The third kappa shape index (κ3) is 4.81. The van der Waals surface area contributed by atoms with E-state index in [1.165, 1.54) is 17.0 Å². The molecule has 1 aliphatic heterocycles. The lowest BCUT2D eigenvalue weighted by Crippen LogP contribution is -2.26. The summed E-state index contributed by atoms with van der Waals surface area (Å²) in [6, 6.07) is 11.1. The van der Waals surface area contributed by atoms with Crippen LogP contribution in [-0.4, -0.2) is 30.6 Å². The molecule has 1 saturated heterocycles. The summed E-state index contributed by atoms with van der Waals surface area (Å²) < 4.78 is 51.5. The summed E-state index contributed by atoms with van der Waals surface area (Å²) in [5, 5.41) is 0. The molecule has 0 unspecified atom stereocenters. The Kier molecular flexibility index (Phi) is 6.12. The van der Waals surface area contributed by atoms with Gasteiger partial charge in [0.15, 0.2) is 11.5 Å². The number of amides is 1. The number of ether oxygens (including phenoxy) is 2. The number of benzene rings is 2. The van der Waals surface area contributed by atoms with Crippen LogP contribution in [0.5, 0.6) is 11.5 Å². The minimum Gasteiger partial charge on any atom is -0.493 e. The molecule has 1 saturated carbocycles. The van der Waals surface area contributed by atoms with Crippen LogP contribution in [0.1, 0.15) is 54.7 Å². The quantitative estimate of drug-likeness (QED) is 0.600. The second-order valence-corrected chi connectivity index (χ2v) is 8.26. The highest BCUT2D eigenvalue weighted by Gasteiger charge is 2.36. The van der Waals surface area contributed by atoms with Crippen LogP contribution in [0.2, 0.25) is 0 Å². The third-order valence-electron chi connectivity index (χ3n) is 6.15. The summed E-state index contributed by atoms with van der Waals surface area (Å²) in [6.45, 7) is 0.326. The molecule has 2 aliphatic rings. The monoisotopic (exact) mass is 433 g/mol. The molecule has 1 atom stereocenters. The maximum atomic E-state index is 13.3. The van der Waals surface area contributed by atoms with Gasteiger partial charge in [-0.25, -0.2) is 0 Å². The van der Waals surface area contributed by atoms with Crippen molar-refractivity contribution < 1.29 is 27.4 Å². The Bertz CT molecular complexity index is 938. The fourth-order valence-corrected chi connectivity index (χ4v) is 4.51. The first kappa shape index (κ1) is 21.5. The summed E-state index contributed by atoms with van der Waals surface area (Å²) >= 11 is 0. The summed E-state index contributed by atoms with van der Waals surface area (Å²) in [6.07, 6.45) is 0.328. The van der Waals surface area contributed by atoms with Crippen LogP contribution >= 0.6 is 0 Å². The van der Waals surface area contributed by atoms with Crippen molar-refractivity contribution in [3.8, 4) is 11.5 Å². The van der Waals surface area contributed by atoms with Crippen LogP contribution in [-0.2, 0) is 17.5 Å². The molecule has 0 spiro atoms. The number of halogens is 3. The Morgan fingerprint density at radius 2 is 1.81 bits per heavy atom. The molecule has 31 heavy (non-hydrogen) atoms. The van der Waals surface area contributed by atoms with E-state index in [9.17, 15) is 18.0 Å². The fourth-order valence-electron chi connectivity index (χ4n) is 4.51. The molecule has 1 amide bonds. The van der Waals surface area contributed by atoms with Gasteiger partial charge in [0, 0.05) is 25.4 Å². The second-order valence-electron chi connectivity index (χ2n) is 8.26. The van der Waals surface area contributed by atoms with Crippen LogP contribution in [0.4, 0.5) is 13.2 Å². The topological polar surface area (TPSA) is 38.8 Å². The molecule has 2 fully saturated rings. The van der Waals surface area contributed by atoms with Crippen LogP contribution in [0.25, 0.3) is 0 Å². The van der Waals surface area contributed by atoms with E-state index < -0.39 is 11.7 Å². The molecule has 1 aliphatic carbocycles. The average Bonchev–Trinajstić information content (AvgIpc) is 3.37. The van der Waals surface area contributed by atoms with Crippen molar-refractivity contribution in [1.29, 1.82) is 0 Å². The maximum Gasteiger partial charge on any atom is 0.416 e. The first-order valence-electron chi connectivity index (χ1n) is 10.6. The normalized spacial score (nSPS) is 19.8. The summed E-state index contributed by atoms with van der Waals surface area (Å²) in [5.41, 5.74) is 0.362. The minimum atomic E-state index is -4.44. The number of carbonyl (C=O) groups excluding carboxylic acids is 1. The number of likely N-dealkylation sites (tertiary alicyclic amines) is 1. The van der Waals surface area contributed by atoms with E-state index >= 15 is 0 Å². The second kappa shape index (κ2) is 8.81. The van der Waals surface area contributed by atoms with Crippen LogP contribution in [0, 0.1) is 0 Å². The molecule has 0 aromatic heterocycles. The number of carbonyl (C=O) groups is 1. The van der Waals surface area contributed by atoms with E-state index in [-0.39, 0.29) is 36.5 Å². The predicted octanol–water partition coefficient (Wildman–Crippen LogP) is 5.55. The number of rotatable bonds is 6. The molecule has 1 heterocycles. The smallest absolute Gasteiger partial charge is 0.416 e. The maximum absolute atomic E-state index is 13.3. The lowest BCUT2D eigenvalue weighted by Gasteiger charge is -2.21. The zero-order valence-electron chi connectivity index (χ0n) is 17.5. The van der Waals surface area contributed by atoms with Crippen molar-refractivity contribution in [3.63, 3.8) is 0 Å². The van der Waals surface area contributed by atoms with Gasteiger partial charge >= 0.3 is 6.18 Å². The van der Waals surface area contributed by atoms with E-state index in [0.29, 0.717) is 18.0 Å². The van der Waals surface area contributed by atoms with Gasteiger partial charge in [-0.1, -0.05) is 24.3 Å². The molecule has 166 valence electrons. The van der Waals surface area contributed by atoms with Crippen molar-refractivity contribution in [2.75, 3.05) is 13.7 Å². The summed E-state index contributed by atoms with van der Waals surface area (Å²) in [7, 11) is 1.59. The Labute approximate surface area is 180 Å². The number of hydrogen-bond donors (Lipinski definition) is 0. The zero-order chi connectivity index (χ0) is 22.0. The summed E-state index contributed by atoms with van der Waals surface area (Å²) in [5.74, 6) is 1.08. The summed E-state index contributed by atoms with van der Waals surface area (Å²) in [4.78, 5) is 14.1. The third-order valence-corrected chi connectivity index (χ3v) is 6.15. The predicted molar refractivity (Wildman–Crippen MR) is 110 cm³/mol. The van der Waals surface area contributed by atoms with E-state index in [0.717, 1.165) is 37.3 Å². The van der Waals surface area contributed by atoms with Crippen LogP contribution in [0.15, 0.2) is 42.5 Å². The first-order valence-corrected chi connectivity index (χ1v) is 10.6. The molecule has 0 N–H and O–H groups in total.